The summed E-state index contributed by atoms with van der Waals surface area (Å²) in [5, 5.41) is 50.3. The maximum absolute atomic E-state index is 11.0. The Morgan fingerprint density at radius 2 is 1.86 bits per heavy atom. The van der Waals surface area contributed by atoms with Gasteiger partial charge in [0.25, 0.3) is 0 Å². The Morgan fingerprint density at radius 3 is 2.55 bits per heavy atom. The Morgan fingerprint density at radius 1 is 1.18 bits per heavy atom. The molecular weight excluding hydrogens is 358 g/mol. The molecule has 120 valence electrons. The molecule has 1 unspecified atom stereocenters. The summed E-state index contributed by atoms with van der Waals surface area (Å²) < 4.78 is 4.97. The first-order valence-corrected chi connectivity index (χ1v) is 7.59. The number of aliphatic hydroxyl groups excluding tert-OH is 4. The monoisotopic (exact) mass is 373 g/mol. The molecule has 7 nitrogen and oxygen atoms in total. The van der Waals surface area contributed by atoms with Crippen LogP contribution in [0.1, 0.15) is 5.56 Å². The predicted octanol–water partition coefficient (Wildman–Crippen LogP) is -0.492. The number of hydrogen-bond acceptors (Lipinski definition) is 6. The van der Waals surface area contributed by atoms with E-state index in [-0.39, 0.29) is 5.56 Å². The van der Waals surface area contributed by atoms with Gasteiger partial charge in [0.05, 0.1) is 0 Å². The number of para-hydroxylation sites is 1. The first-order valence-electron chi connectivity index (χ1n) is 6.68. The second-order valence-corrected chi connectivity index (χ2v) is 6.27. The fraction of sp³-hybridized carbons (Fsp3) is 0.429. The number of halogens is 1. The summed E-state index contributed by atoms with van der Waals surface area (Å²) in [4.78, 5) is 2.93. The summed E-state index contributed by atoms with van der Waals surface area (Å²) in [6.45, 7) is 0. The molecule has 1 fully saturated rings. The quantitative estimate of drug-likeness (QED) is 0.394. The largest absolute Gasteiger partial charge is 0.387 e. The van der Waals surface area contributed by atoms with Gasteiger partial charge in [0.15, 0.2) is 11.9 Å². The molecule has 1 saturated heterocycles. The minimum Gasteiger partial charge on any atom is -0.387 e. The van der Waals surface area contributed by atoms with E-state index >= 15 is 0 Å². The smallest absolute Gasteiger partial charge is 0.184 e. The van der Waals surface area contributed by atoms with Crippen LogP contribution in [0, 0.1) is 0 Å². The number of alkyl halides is 1. The van der Waals surface area contributed by atoms with E-state index in [1.165, 1.54) is 6.20 Å². The molecule has 0 spiro atoms. The maximum atomic E-state index is 11.0. The minimum absolute atomic E-state index is 0.212. The number of ether oxygens (including phenoxy) is 1. The van der Waals surface area contributed by atoms with Crippen LogP contribution in [-0.4, -0.2) is 60.1 Å². The second-order valence-electron chi connectivity index (χ2n) is 5.33. The molecule has 1 aromatic heterocycles. The van der Waals surface area contributed by atoms with E-state index in [0.717, 1.165) is 0 Å². The highest BCUT2D eigenvalue weighted by Gasteiger charge is 2.57. The van der Waals surface area contributed by atoms with E-state index in [1.807, 2.05) is 0 Å². The first kappa shape index (κ1) is 15.9. The summed E-state index contributed by atoms with van der Waals surface area (Å²) in [7, 11) is 0. The van der Waals surface area contributed by atoms with Gasteiger partial charge in [-0.3, -0.25) is 0 Å². The van der Waals surface area contributed by atoms with E-state index in [9.17, 15) is 25.5 Å². The van der Waals surface area contributed by atoms with Crippen LogP contribution in [0.15, 0.2) is 30.5 Å². The lowest BCUT2D eigenvalue weighted by atomic mass is 9.78. The summed E-state index contributed by atoms with van der Waals surface area (Å²) >= 11 is 2.85. The van der Waals surface area contributed by atoms with Crippen molar-refractivity contribution in [2.24, 2.45) is 0 Å². The molecule has 22 heavy (non-hydrogen) atoms. The van der Waals surface area contributed by atoms with Crippen molar-refractivity contribution in [3.05, 3.63) is 36.0 Å². The van der Waals surface area contributed by atoms with Gasteiger partial charge < -0.3 is 35.3 Å². The van der Waals surface area contributed by atoms with Crippen LogP contribution in [0.4, 0.5) is 0 Å². The van der Waals surface area contributed by atoms with Crippen LogP contribution in [0.5, 0.6) is 0 Å². The molecule has 6 atom stereocenters. The second kappa shape index (κ2) is 5.57. The van der Waals surface area contributed by atoms with Crippen LogP contribution in [-0.2, 0) is 10.3 Å². The lowest BCUT2D eigenvalue weighted by molar-refractivity contribution is -0.328. The molecule has 2 heterocycles. The molecule has 6 N–H and O–H groups in total. The number of aliphatic hydroxyl groups is 5. The van der Waals surface area contributed by atoms with Crippen molar-refractivity contribution in [1.29, 1.82) is 0 Å². The Labute approximate surface area is 133 Å². The molecule has 0 aliphatic carbocycles. The molecule has 1 aliphatic rings. The Bertz CT molecular complexity index is 676. The Balaban J connectivity index is 2.15. The topological polar surface area (TPSA) is 126 Å². The molecule has 0 bridgehead atoms. The van der Waals surface area contributed by atoms with E-state index in [4.69, 9.17) is 4.74 Å². The molecule has 8 heteroatoms. The standard InChI is InChI=1S/C14H16BrNO6/c15-12(19)9-10(17)14(21,11(18)13(20)22-9)7-5-16-8-4-2-1-3-6(7)8/h1-5,9-13,16-21H/t9-,10+,11-,12?,13-,14-/m0/s1. The highest BCUT2D eigenvalue weighted by molar-refractivity contribution is 9.09. The van der Waals surface area contributed by atoms with Crippen LogP contribution in [0.2, 0.25) is 0 Å². The molecular formula is C14H16BrNO6. The zero-order valence-corrected chi connectivity index (χ0v) is 12.9. The van der Waals surface area contributed by atoms with Crippen molar-refractivity contribution in [3.8, 4) is 0 Å². The van der Waals surface area contributed by atoms with E-state index in [1.54, 1.807) is 24.3 Å². The number of aromatic amines is 1. The highest BCUT2D eigenvalue weighted by Crippen LogP contribution is 2.41. The van der Waals surface area contributed by atoms with Crippen molar-refractivity contribution in [2.45, 2.75) is 35.2 Å². The van der Waals surface area contributed by atoms with Crippen LogP contribution >= 0.6 is 15.9 Å². The average molecular weight is 374 g/mol. The zero-order valence-electron chi connectivity index (χ0n) is 11.3. The third kappa shape index (κ3) is 2.19. The molecule has 2 aromatic rings. The molecule has 1 aliphatic heterocycles. The van der Waals surface area contributed by atoms with Gasteiger partial charge >= 0.3 is 0 Å². The molecule has 3 rings (SSSR count). The summed E-state index contributed by atoms with van der Waals surface area (Å²) in [6, 6.07) is 7.02. The van der Waals surface area contributed by atoms with E-state index in [0.29, 0.717) is 10.9 Å². The zero-order chi connectivity index (χ0) is 16.1. The van der Waals surface area contributed by atoms with Crippen molar-refractivity contribution >= 4 is 26.8 Å². The molecule has 0 amide bonds. The maximum Gasteiger partial charge on any atom is 0.184 e. The van der Waals surface area contributed by atoms with Crippen molar-refractivity contribution in [3.63, 3.8) is 0 Å². The Hall–Kier alpha value is -1.00. The van der Waals surface area contributed by atoms with Crippen LogP contribution < -0.4 is 0 Å². The fourth-order valence-electron chi connectivity index (χ4n) is 2.89. The normalized spacial score (nSPS) is 37.4. The summed E-state index contributed by atoms with van der Waals surface area (Å²) in [5.74, 6) is 0. The fourth-order valence-corrected chi connectivity index (χ4v) is 3.30. The van der Waals surface area contributed by atoms with Gasteiger partial charge in [0, 0.05) is 22.7 Å². The SMILES string of the molecule is OC(Br)[C@H]1O[C@H](O)[C@H](O)[C@](O)(c2c[nH]c3ccccc23)[C@@H]1O. The van der Waals surface area contributed by atoms with E-state index in [2.05, 4.69) is 20.9 Å². The van der Waals surface area contributed by atoms with Crippen molar-refractivity contribution in [1.82, 2.24) is 4.98 Å². The number of nitrogens with one attached hydrogen (secondary N) is 1. The van der Waals surface area contributed by atoms with Crippen LogP contribution in [0.3, 0.4) is 0 Å². The number of aromatic nitrogens is 1. The molecule has 0 radical (unpaired) electrons. The van der Waals surface area contributed by atoms with Gasteiger partial charge in [0.2, 0.25) is 0 Å². The number of fused-ring (bicyclic) bond motifs is 1. The number of rotatable bonds is 2. The summed E-state index contributed by atoms with van der Waals surface area (Å²) in [6.07, 6.45) is -5.09. The predicted molar refractivity (Wildman–Crippen MR) is 80.0 cm³/mol. The van der Waals surface area contributed by atoms with Gasteiger partial charge in [-0.2, -0.15) is 0 Å². The number of hydrogen-bond donors (Lipinski definition) is 6. The lowest BCUT2D eigenvalue weighted by Crippen LogP contribution is -2.65. The summed E-state index contributed by atoms with van der Waals surface area (Å²) in [5.41, 5.74) is -1.30. The van der Waals surface area contributed by atoms with Crippen molar-refractivity contribution in [2.75, 3.05) is 0 Å². The van der Waals surface area contributed by atoms with Crippen LogP contribution in [0.25, 0.3) is 10.9 Å². The van der Waals surface area contributed by atoms with Gasteiger partial charge in [-0.1, -0.05) is 34.1 Å². The lowest BCUT2D eigenvalue weighted by Gasteiger charge is -2.47. The van der Waals surface area contributed by atoms with Crippen molar-refractivity contribution < 1.29 is 30.3 Å². The molecule has 1 aromatic carbocycles. The Kier molecular flexibility index (Phi) is 4.02. The number of benzene rings is 1. The van der Waals surface area contributed by atoms with Gasteiger partial charge in [-0.05, 0) is 6.07 Å². The minimum atomic E-state index is -2.21. The van der Waals surface area contributed by atoms with Gasteiger partial charge in [-0.15, -0.1) is 0 Å². The van der Waals surface area contributed by atoms with E-state index < -0.39 is 35.2 Å². The van der Waals surface area contributed by atoms with Gasteiger partial charge in [0.1, 0.15) is 23.3 Å². The third-order valence-corrected chi connectivity index (χ3v) is 4.59. The van der Waals surface area contributed by atoms with Gasteiger partial charge in [-0.25, -0.2) is 0 Å². The molecule has 0 saturated carbocycles. The highest BCUT2D eigenvalue weighted by atomic mass is 79.9. The number of H-pyrrole nitrogens is 1. The first-order chi connectivity index (χ1) is 10.4. The third-order valence-electron chi connectivity index (χ3n) is 4.07. The average Bonchev–Trinajstić information content (AvgIpc) is 2.93.